The van der Waals surface area contributed by atoms with Gasteiger partial charge in [0.25, 0.3) is 0 Å². The summed E-state index contributed by atoms with van der Waals surface area (Å²) in [6.07, 6.45) is 1.98. The average Bonchev–Trinajstić information content (AvgIpc) is 2.45. The van der Waals surface area contributed by atoms with Gasteiger partial charge >= 0.3 is 6.03 Å². The molecule has 0 saturated carbocycles. The Bertz CT molecular complexity index is 558. The third kappa shape index (κ3) is 7.10. The van der Waals surface area contributed by atoms with E-state index in [2.05, 4.69) is 22.3 Å². The maximum Gasteiger partial charge on any atom is 0.315 e. The lowest BCUT2D eigenvalue weighted by atomic mass is 10.1. The Kier molecular flexibility index (Phi) is 7.18. The van der Waals surface area contributed by atoms with Crippen LogP contribution in [0, 0.1) is 0 Å². The Hall–Kier alpha value is -1.60. The van der Waals surface area contributed by atoms with Crippen LogP contribution in [0.5, 0.6) is 0 Å². The van der Waals surface area contributed by atoms with Crippen LogP contribution in [0.25, 0.3) is 0 Å². The molecule has 6 nitrogen and oxygen atoms in total. The molecule has 0 unspecified atom stereocenters. The minimum Gasteiger partial charge on any atom is -0.338 e. The predicted octanol–water partition coefficient (Wildman–Crippen LogP) is 1.34. The second-order valence-corrected chi connectivity index (χ2v) is 6.67. The molecule has 0 aromatic heterocycles. The number of rotatable bonds is 8. The molecule has 0 saturated heterocycles. The van der Waals surface area contributed by atoms with Crippen molar-refractivity contribution >= 4 is 16.1 Å². The third-order valence-electron chi connectivity index (χ3n) is 2.93. The molecule has 3 N–H and O–H groups in total. The molecule has 2 amide bonds. The fourth-order valence-corrected chi connectivity index (χ4v) is 2.51. The summed E-state index contributed by atoms with van der Waals surface area (Å²) in [4.78, 5) is 11.5. The van der Waals surface area contributed by atoms with Gasteiger partial charge in [-0.3, -0.25) is 0 Å². The van der Waals surface area contributed by atoms with Crippen LogP contribution in [-0.4, -0.2) is 28.0 Å². The number of carbonyl (C=O) groups excluding carboxylic acids is 1. The van der Waals surface area contributed by atoms with Gasteiger partial charge < -0.3 is 10.6 Å². The lowest BCUT2D eigenvalue weighted by Gasteiger charge is -2.09. The highest BCUT2D eigenvalue weighted by Crippen LogP contribution is 2.08. The second kappa shape index (κ2) is 8.63. The van der Waals surface area contributed by atoms with E-state index in [9.17, 15) is 13.2 Å². The van der Waals surface area contributed by atoms with E-state index in [1.807, 2.05) is 6.07 Å². The highest BCUT2D eigenvalue weighted by molar-refractivity contribution is 7.88. The van der Waals surface area contributed by atoms with Crippen LogP contribution < -0.4 is 15.4 Å². The quantitative estimate of drug-likeness (QED) is 0.633. The van der Waals surface area contributed by atoms with E-state index < -0.39 is 10.0 Å². The summed E-state index contributed by atoms with van der Waals surface area (Å²) < 4.78 is 25.3. The summed E-state index contributed by atoms with van der Waals surface area (Å²) in [6.45, 7) is 3.08. The van der Waals surface area contributed by atoms with Gasteiger partial charge in [-0.05, 0) is 24.6 Å². The van der Waals surface area contributed by atoms with Gasteiger partial charge in [0.15, 0.2) is 0 Å². The standard InChI is InChI=1S/C14H23N3O3S/c1-3-4-8-16-14(18)17-10-12-6-5-7-13(9-12)11-21(19,20)15-2/h5-7,9,15H,3-4,8,10-11H2,1-2H3,(H2,16,17,18). The predicted molar refractivity (Wildman–Crippen MR) is 83.3 cm³/mol. The topological polar surface area (TPSA) is 87.3 Å². The molecule has 0 aliphatic rings. The van der Waals surface area contributed by atoms with Crippen molar-refractivity contribution in [2.75, 3.05) is 13.6 Å². The van der Waals surface area contributed by atoms with E-state index in [1.165, 1.54) is 7.05 Å². The van der Waals surface area contributed by atoms with Crippen LogP contribution in [0.2, 0.25) is 0 Å². The number of sulfonamides is 1. The second-order valence-electron chi connectivity index (χ2n) is 4.75. The normalized spacial score (nSPS) is 11.1. The Balaban J connectivity index is 2.51. The fourth-order valence-electron chi connectivity index (χ4n) is 1.74. The first-order valence-electron chi connectivity index (χ1n) is 6.97. The van der Waals surface area contributed by atoms with Gasteiger partial charge in [-0.25, -0.2) is 17.9 Å². The van der Waals surface area contributed by atoms with E-state index >= 15 is 0 Å². The summed E-state index contributed by atoms with van der Waals surface area (Å²) in [5, 5.41) is 5.51. The number of carbonyl (C=O) groups is 1. The van der Waals surface area contributed by atoms with E-state index in [1.54, 1.807) is 18.2 Å². The van der Waals surface area contributed by atoms with Gasteiger partial charge in [-0.1, -0.05) is 37.6 Å². The van der Waals surface area contributed by atoms with Crippen molar-refractivity contribution in [2.24, 2.45) is 0 Å². The molecule has 7 heteroatoms. The Morgan fingerprint density at radius 3 is 2.57 bits per heavy atom. The maximum atomic E-state index is 11.5. The van der Waals surface area contributed by atoms with Crippen LogP contribution in [0.4, 0.5) is 4.79 Å². The lowest BCUT2D eigenvalue weighted by molar-refractivity contribution is 0.240. The van der Waals surface area contributed by atoms with Gasteiger partial charge in [-0.2, -0.15) is 0 Å². The minimum absolute atomic E-state index is 0.0694. The number of unbranched alkanes of at least 4 members (excludes halogenated alkanes) is 1. The number of nitrogens with one attached hydrogen (secondary N) is 3. The highest BCUT2D eigenvalue weighted by atomic mass is 32.2. The van der Waals surface area contributed by atoms with Crippen LogP contribution in [-0.2, 0) is 22.3 Å². The van der Waals surface area contributed by atoms with Gasteiger partial charge in [0.05, 0.1) is 5.75 Å². The first kappa shape index (κ1) is 17.5. The van der Waals surface area contributed by atoms with Crippen LogP contribution in [0.15, 0.2) is 24.3 Å². The molecule has 0 fully saturated rings. The smallest absolute Gasteiger partial charge is 0.315 e. The molecule has 0 atom stereocenters. The molecule has 21 heavy (non-hydrogen) atoms. The molecule has 0 radical (unpaired) electrons. The number of benzene rings is 1. The summed E-state index contributed by atoms with van der Waals surface area (Å²) in [5.41, 5.74) is 1.56. The first-order valence-corrected chi connectivity index (χ1v) is 8.63. The first-order chi connectivity index (χ1) is 9.96. The Labute approximate surface area is 126 Å². The van der Waals surface area contributed by atoms with Crippen molar-refractivity contribution < 1.29 is 13.2 Å². The van der Waals surface area contributed by atoms with Gasteiger partial charge in [0.2, 0.25) is 10.0 Å². The third-order valence-corrected chi connectivity index (χ3v) is 4.26. The van der Waals surface area contributed by atoms with Crippen molar-refractivity contribution in [3.8, 4) is 0 Å². The molecule has 1 rings (SSSR count). The number of hydrogen-bond donors (Lipinski definition) is 3. The number of urea groups is 1. The molecular formula is C14H23N3O3S. The largest absolute Gasteiger partial charge is 0.338 e. The Morgan fingerprint density at radius 2 is 1.90 bits per heavy atom. The molecule has 0 aliphatic heterocycles. The van der Waals surface area contributed by atoms with Gasteiger partial charge in [-0.15, -0.1) is 0 Å². The van der Waals surface area contributed by atoms with Crippen molar-refractivity contribution in [2.45, 2.75) is 32.1 Å². The highest BCUT2D eigenvalue weighted by Gasteiger charge is 2.09. The van der Waals surface area contributed by atoms with E-state index in [0.717, 1.165) is 18.4 Å². The van der Waals surface area contributed by atoms with Crippen LogP contribution in [0.3, 0.4) is 0 Å². The molecule has 0 spiro atoms. The molecular weight excluding hydrogens is 290 g/mol. The summed E-state index contributed by atoms with van der Waals surface area (Å²) in [6, 6.07) is 6.95. The molecule has 0 aliphatic carbocycles. The van der Waals surface area contributed by atoms with Gasteiger partial charge in [0, 0.05) is 13.1 Å². The SMILES string of the molecule is CCCCNC(=O)NCc1cccc(CS(=O)(=O)NC)c1. The molecule has 0 heterocycles. The van der Waals surface area contributed by atoms with Crippen molar-refractivity contribution in [3.05, 3.63) is 35.4 Å². The molecule has 0 bridgehead atoms. The monoisotopic (exact) mass is 313 g/mol. The molecule has 1 aromatic carbocycles. The lowest BCUT2D eigenvalue weighted by Crippen LogP contribution is -2.35. The van der Waals surface area contributed by atoms with Crippen molar-refractivity contribution in [1.29, 1.82) is 0 Å². The zero-order valence-corrected chi connectivity index (χ0v) is 13.3. The molecule has 118 valence electrons. The summed E-state index contributed by atoms with van der Waals surface area (Å²) in [7, 11) is -1.89. The summed E-state index contributed by atoms with van der Waals surface area (Å²) >= 11 is 0. The van der Waals surface area contributed by atoms with Crippen LogP contribution >= 0.6 is 0 Å². The maximum absolute atomic E-state index is 11.5. The average molecular weight is 313 g/mol. The van der Waals surface area contributed by atoms with Crippen molar-refractivity contribution in [1.82, 2.24) is 15.4 Å². The van der Waals surface area contributed by atoms with Gasteiger partial charge in [0.1, 0.15) is 0 Å². The fraction of sp³-hybridized carbons (Fsp3) is 0.500. The van der Waals surface area contributed by atoms with E-state index in [0.29, 0.717) is 18.7 Å². The van der Waals surface area contributed by atoms with Crippen molar-refractivity contribution in [3.63, 3.8) is 0 Å². The Morgan fingerprint density at radius 1 is 1.19 bits per heavy atom. The summed E-state index contributed by atoms with van der Waals surface area (Å²) in [5.74, 6) is -0.0694. The zero-order valence-electron chi connectivity index (χ0n) is 12.5. The van der Waals surface area contributed by atoms with Crippen LogP contribution in [0.1, 0.15) is 30.9 Å². The number of amides is 2. The number of hydrogen-bond acceptors (Lipinski definition) is 3. The van der Waals surface area contributed by atoms with E-state index in [-0.39, 0.29) is 11.8 Å². The zero-order chi connectivity index (χ0) is 15.7. The minimum atomic E-state index is -3.29. The van der Waals surface area contributed by atoms with E-state index in [4.69, 9.17) is 0 Å². The molecule has 1 aromatic rings.